The minimum atomic E-state index is -0.0368. The van der Waals surface area contributed by atoms with Crippen molar-refractivity contribution in [3.63, 3.8) is 0 Å². The fourth-order valence-corrected chi connectivity index (χ4v) is 4.40. The van der Waals surface area contributed by atoms with Gasteiger partial charge in [0, 0.05) is 55.2 Å². The van der Waals surface area contributed by atoms with Gasteiger partial charge in [-0.15, -0.1) is 0 Å². The van der Waals surface area contributed by atoms with Crippen LogP contribution in [0.15, 0.2) is 54.9 Å². The molecule has 0 radical (unpaired) electrons. The van der Waals surface area contributed by atoms with Crippen molar-refractivity contribution >= 4 is 22.5 Å². The van der Waals surface area contributed by atoms with Gasteiger partial charge in [-0.3, -0.25) is 9.88 Å². The number of para-hydroxylation sites is 1. The summed E-state index contributed by atoms with van der Waals surface area (Å²) in [5, 5.41) is 4.56. The molecule has 1 N–H and O–H groups in total. The molecule has 0 bridgehead atoms. The number of aromatic nitrogens is 4. The third-order valence-electron chi connectivity index (χ3n) is 5.88. The molecular weight excluding hydrogens is 400 g/mol. The van der Waals surface area contributed by atoms with Crippen molar-refractivity contribution in [2.24, 2.45) is 7.05 Å². The number of ether oxygens (including phenoxy) is 1. The Morgan fingerprint density at radius 1 is 1.09 bits per heavy atom. The molecule has 32 heavy (non-hydrogen) atoms. The SMILES string of the molecule is Cc1cc(C)nc(Nc2ccc([C@@H]3CN(Cc4cn(C)c5ccccc45)CCO3)nc2)n1. The highest BCUT2D eigenvalue weighted by molar-refractivity contribution is 5.83. The first-order chi connectivity index (χ1) is 15.5. The van der Waals surface area contributed by atoms with Crippen molar-refractivity contribution in [3.8, 4) is 0 Å². The summed E-state index contributed by atoms with van der Waals surface area (Å²) in [4.78, 5) is 16.0. The second-order valence-corrected chi connectivity index (χ2v) is 8.45. The standard InChI is InChI=1S/C25H28N6O/c1-17-12-18(2)28-25(27-17)29-20-8-9-22(26-13-20)24-16-31(10-11-32-24)15-19-14-30(3)23-7-5-4-6-21(19)23/h4-9,12-14,24H,10-11,15-16H2,1-3H3,(H,27,28,29)/t24-/m0/s1. The number of benzene rings is 1. The second kappa shape index (κ2) is 8.68. The van der Waals surface area contributed by atoms with E-state index in [-0.39, 0.29) is 6.10 Å². The Morgan fingerprint density at radius 2 is 1.91 bits per heavy atom. The van der Waals surface area contributed by atoms with E-state index in [1.54, 1.807) is 0 Å². The number of anilines is 2. The van der Waals surface area contributed by atoms with Crippen LogP contribution in [0.1, 0.15) is 28.7 Å². The van der Waals surface area contributed by atoms with Crippen LogP contribution in [0, 0.1) is 13.8 Å². The Kier molecular flexibility index (Phi) is 5.59. The van der Waals surface area contributed by atoms with Crippen molar-refractivity contribution in [1.82, 2.24) is 24.4 Å². The Morgan fingerprint density at radius 3 is 2.69 bits per heavy atom. The van der Waals surface area contributed by atoms with E-state index in [2.05, 4.69) is 67.2 Å². The molecule has 1 fully saturated rings. The van der Waals surface area contributed by atoms with E-state index >= 15 is 0 Å². The Labute approximate surface area is 188 Å². The number of nitrogens with one attached hydrogen (secondary N) is 1. The summed E-state index contributed by atoms with van der Waals surface area (Å²) in [5.74, 6) is 0.590. The molecule has 7 heteroatoms. The molecule has 0 spiro atoms. The lowest BCUT2D eigenvalue weighted by atomic mass is 10.1. The third-order valence-corrected chi connectivity index (χ3v) is 5.88. The first-order valence-electron chi connectivity index (χ1n) is 11.0. The highest BCUT2D eigenvalue weighted by Gasteiger charge is 2.24. The third kappa shape index (κ3) is 4.35. The number of aryl methyl sites for hydroxylation is 3. The molecule has 4 aromatic rings. The van der Waals surface area contributed by atoms with Gasteiger partial charge in [0.1, 0.15) is 6.10 Å². The lowest BCUT2D eigenvalue weighted by Gasteiger charge is -2.32. The first-order valence-corrected chi connectivity index (χ1v) is 11.0. The molecule has 0 amide bonds. The quantitative estimate of drug-likeness (QED) is 0.511. The van der Waals surface area contributed by atoms with Gasteiger partial charge in [0.15, 0.2) is 0 Å². The summed E-state index contributed by atoms with van der Waals surface area (Å²) < 4.78 is 8.26. The topological polar surface area (TPSA) is 68.1 Å². The largest absolute Gasteiger partial charge is 0.369 e. The van der Waals surface area contributed by atoms with Crippen molar-refractivity contribution in [1.29, 1.82) is 0 Å². The average Bonchev–Trinajstić information content (AvgIpc) is 3.09. The predicted octanol–water partition coefficient (Wildman–Crippen LogP) is 4.30. The smallest absolute Gasteiger partial charge is 0.227 e. The fraction of sp³-hybridized carbons (Fsp3) is 0.320. The van der Waals surface area contributed by atoms with Crippen LogP contribution in [0.5, 0.6) is 0 Å². The maximum absolute atomic E-state index is 6.06. The van der Waals surface area contributed by atoms with Crippen molar-refractivity contribution in [2.75, 3.05) is 25.0 Å². The summed E-state index contributed by atoms with van der Waals surface area (Å²) in [6, 6.07) is 14.6. The molecule has 4 heterocycles. The molecule has 5 rings (SSSR count). The number of rotatable bonds is 5. The zero-order valence-corrected chi connectivity index (χ0v) is 18.7. The molecule has 1 aromatic carbocycles. The predicted molar refractivity (Wildman–Crippen MR) is 126 cm³/mol. The van der Waals surface area contributed by atoms with E-state index < -0.39 is 0 Å². The van der Waals surface area contributed by atoms with Crippen LogP contribution in [-0.4, -0.2) is 44.1 Å². The second-order valence-electron chi connectivity index (χ2n) is 8.45. The fourth-order valence-electron chi connectivity index (χ4n) is 4.40. The van der Waals surface area contributed by atoms with Crippen LogP contribution < -0.4 is 5.32 Å². The van der Waals surface area contributed by atoms with Gasteiger partial charge in [0.2, 0.25) is 5.95 Å². The Balaban J connectivity index is 1.27. The molecule has 0 aliphatic carbocycles. The summed E-state index contributed by atoms with van der Waals surface area (Å²) in [6.07, 6.45) is 4.02. The van der Waals surface area contributed by atoms with Gasteiger partial charge in [-0.25, -0.2) is 9.97 Å². The molecule has 1 atom stereocenters. The van der Waals surface area contributed by atoms with Crippen LogP contribution in [0.4, 0.5) is 11.6 Å². The van der Waals surface area contributed by atoms with E-state index in [1.807, 2.05) is 38.2 Å². The number of hydrogen-bond donors (Lipinski definition) is 1. The van der Waals surface area contributed by atoms with Gasteiger partial charge in [-0.1, -0.05) is 18.2 Å². The molecule has 3 aromatic heterocycles. The van der Waals surface area contributed by atoms with Crippen LogP contribution in [0.3, 0.4) is 0 Å². The van der Waals surface area contributed by atoms with Crippen molar-refractivity contribution in [3.05, 3.63) is 77.5 Å². The molecule has 1 aliphatic heterocycles. The number of nitrogens with zero attached hydrogens (tertiary/aromatic N) is 5. The number of fused-ring (bicyclic) bond motifs is 1. The van der Waals surface area contributed by atoms with E-state index in [4.69, 9.17) is 4.74 Å². The summed E-state index contributed by atoms with van der Waals surface area (Å²) in [6.45, 7) is 7.28. The van der Waals surface area contributed by atoms with Gasteiger partial charge in [0.05, 0.1) is 24.2 Å². The highest BCUT2D eigenvalue weighted by atomic mass is 16.5. The minimum Gasteiger partial charge on any atom is -0.369 e. The van der Waals surface area contributed by atoms with E-state index in [9.17, 15) is 0 Å². The van der Waals surface area contributed by atoms with Crippen LogP contribution in [-0.2, 0) is 18.3 Å². The van der Waals surface area contributed by atoms with Crippen LogP contribution in [0.2, 0.25) is 0 Å². The number of pyridine rings is 1. The molecular formula is C25H28N6O. The minimum absolute atomic E-state index is 0.0368. The van der Waals surface area contributed by atoms with Gasteiger partial charge in [0.25, 0.3) is 0 Å². The maximum Gasteiger partial charge on any atom is 0.227 e. The molecule has 1 saturated heterocycles. The monoisotopic (exact) mass is 428 g/mol. The van der Waals surface area contributed by atoms with Gasteiger partial charge in [-0.05, 0) is 43.7 Å². The van der Waals surface area contributed by atoms with E-state index in [0.717, 1.165) is 42.4 Å². The molecule has 0 saturated carbocycles. The average molecular weight is 429 g/mol. The zero-order chi connectivity index (χ0) is 22.1. The molecule has 1 aliphatic rings. The van der Waals surface area contributed by atoms with Crippen molar-refractivity contribution < 1.29 is 4.74 Å². The Bertz CT molecular complexity index is 1210. The molecule has 0 unspecified atom stereocenters. The van der Waals surface area contributed by atoms with Gasteiger partial charge in [-0.2, -0.15) is 0 Å². The summed E-state index contributed by atoms with van der Waals surface area (Å²) in [5.41, 5.74) is 6.30. The van der Waals surface area contributed by atoms with Gasteiger partial charge >= 0.3 is 0 Å². The lowest BCUT2D eigenvalue weighted by molar-refractivity contribution is -0.0348. The summed E-state index contributed by atoms with van der Waals surface area (Å²) in [7, 11) is 2.11. The first kappa shape index (κ1) is 20.6. The normalized spacial score (nSPS) is 17.0. The number of morpholine rings is 1. The molecule has 7 nitrogen and oxygen atoms in total. The number of hydrogen-bond acceptors (Lipinski definition) is 6. The maximum atomic E-state index is 6.06. The van der Waals surface area contributed by atoms with Crippen LogP contribution >= 0.6 is 0 Å². The van der Waals surface area contributed by atoms with Gasteiger partial charge < -0.3 is 14.6 Å². The summed E-state index contributed by atoms with van der Waals surface area (Å²) >= 11 is 0. The lowest BCUT2D eigenvalue weighted by Crippen LogP contribution is -2.38. The van der Waals surface area contributed by atoms with Crippen LogP contribution in [0.25, 0.3) is 10.9 Å². The van der Waals surface area contributed by atoms with Crippen molar-refractivity contribution in [2.45, 2.75) is 26.5 Å². The molecule has 164 valence electrons. The highest BCUT2D eigenvalue weighted by Crippen LogP contribution is 2.26. The zero-order valence-electron chi connectivity index (χ0n) is 18.7. The Hall–Kier alpha value is -3.29. The van der Waals surface area contributed by atoms with E-state index in [0.29, 0.717) is 12.6 Å². The van der Waals surface area contributed by atoms with E-state index in [1.165, 1.54) is 16.5 Å².